The summed E-state index contributed by atoms with van der Waals surface area (Å²) < 4.78 is 8.47. The molecule has 192 valence electrons. The number of aryl methyl sites for hydroxylation is 1. The van der Waals surface area contributed by atoms with Crippen LogP contribution in [0.25, 0.3) is 27.3 Å². The fraction of sp³-hybridized carbons (Fsp3) is 0.393. The lowest BCUT2D eigenvalue weighted by atomic mass is 10.1. The lowest BCUT2D eigenvalue weighted by Gasteiger charge is -2.30. The van der Waals surface area contributed by atoms with Crippen molar-refractivity contribution in [3.05, 3.63) is 59.1 Å². The number of hydrogen-bond donors (Lipinski definition) is 1. The molecule has 6 rings (SSSR count). The van der Waals surface area contributed by atoms with Crippen molar-refractivity contribution in [1.29, 1.82) is 0 Å². The monoisotopic (exact) mass is 516 g/mol. The molecule has 2 saturated heterocycles. The maximum Gasteiger partial charge on any atom is 0.261 e. The van der Waals surface area contributed by atoms with Gasteiger partial charge in [-0.3, -0.25) is 4.79 Å². The normalized spacial score (nSPS) is 18.9. The van der Waals surface area contributed by atoms with Gasteiger partial charge in [-0.15, -0.1) is 11.3 Å². The minimum absolute atomic E-state index is 0.0152. The van der Waals surface area contributed by atoms with Crippen molar-refractivity contribution in [3.8, 4) is 17.1 Å². The summed E-state index contributed by atoms with van der Waals surface area (Å²) in [6, 6.07) is 14.6. The molecule has 0 radical (unpaired) electrons. The molecule has 4 aromatic rings. The number of amides is 1. The maximum atomic E-state index is 13.2. The van der Waals surface area contributed by atoms with Gasteiger partial charge in [-0.1, -0.05) is 23.8 Å². The number of ether oxygens (including phenoxy) is 1. The molecule has 2 fully saturated rings. The summed E-state index contributed by atoms with van der Waals surface area (Å²) in [6.45, 7) is 7.05. The standard InChI is InChI=1S/C28H32N6O2S/c1-19-5-3-6-20(15-19)22-8-10-34(31-22)26-17-24(33-11-13-36-14-12-33)27-23(30-26)16-25(37-27)28(35)29-21-7-4-9-32(2)18-21/h3,5-6,8,10,15-17,21H,4,7,9,11-14,18H2,1-2H3,(H,29,35). The quantitative estimate of drug-likeness (QED) is 0.430. The van der Waals surface area contributed by atoms with Gasteiger partial charge in [0.25, 0.3) is 5.91 Å². The first-order valence-corrected chi connectivity index (χ1v) is 13.7. The van der Waals surface area contributed by atoms with E-state index in [2.05, 4.69) is 53.4 Å². The van der Waals surface area contributed by atoms with Crippen molar-refractivity contribution in [2.24, 2.45) is 0 Å². The minimum atomic E-state index is -0.0152. The molecule has 1 N–H and O–H groups in total. The molecule has 1 atom stereocenters. The molecule has 2 aliphatic heterocycles. The van der Waals surface area contributed by atoms with Crippen LogP contribution in [0.5, 0.6) is 0 Å². The molecule has 1 unspecified atom stereocenters. The minimum Gasteiger partial charge on any atom is -0.378 e. The van der Waals surface area contributed by atoms with E-state index in [0.717, 1.165) is 72.0 Å². The van der Waals surface area contributed by atoms with Crippen LogP contribution in [0, 0.1) is 6.92 Å². The summed E-state index contributed by atoms with van der Waals surface area (Å²) in [5.74, 6) is 0.727. The van der Waals surface area contributed by atoms with Gasteiger partial charge in [0.15, 0.2) is 5.82 Å². The van der Waals surface area contributed by atoms with Crippen molar-refractivity contribution in [2.45, 2.75) is 25.8 Å². The van der Waals surface area contributed by atoms with Gasteiger partial charge >= 0.3 is 0 Å². The van der Waals surface area contributed by atoms with Gasteiger partial charge in [-0.05, 0) is 51.6 Å². The largest absolute Gasteiger partial charge is 0.378 e. The number of nitrogens with zero attached hydrogens (tertiary/aromatic N) is 5. The highest BCUT2D eigenvalue weighted by molar-refractivity contribution is 7.21. The van der Waals surface area contributed by atoms with Crippen molar-refractivity contribution in [1.82, 2.24) is 25.0 Å². The van der Waals surface area contributed by atoms with Crippen LogP contribution in [0.15, 0.2) is 48.7 Å². The zero-order valence-electron chi connectivity index (χ0n) is 21.3. The maximum absolute atomic E-state index is 13.2. The zero-order chi connectivity index (χ0) is 25.4. The van der Waals surface area contributed by atoms with E-state index >= 15 is 0 Å². The first kappa shape index (κ1) is 24.1. The van der Waals surface area contributed by atoms with Gasteiger partial charge in [-0.25, -0.2) is 9.67 Å². The number of carbonyl (C=O) groups is 1. The van der Waals surface area contributed by atoms with Crippen molar-refractivity contribution >= 4 is 33.1 Å². The van der Waals surface area contributed by atoms with E-state index in [1.165, 1.54) is 16.9 Å². The van der Waals surface area contributed by atoms with Crippen molar-refractivity contribution < 1.29 is 9.53 Å². The first-order valence-electron chi connectivity index (χ1n) is 12.9. The average Bonchev–Trinajstić information content (AvgIpc) is 3.57. The molecule has 0 spiro atoms. The average molecular weight is 517 g/mol. The van der Waals surface area contributed by atoms with Crippen LogP contribution in [0.2, 0.25) is 0 Å². The number of hydrogen-bond acceptors (Lipinski definition) is 7. The van der Waals surface area contributed by atoms with Crippen LogP contribution < -0.4 is 10.2 Å². The molecule has 8 nitrogen and oxygen atoms in total. The van der Waals surface area contributed by atoms with Crippen molar-refractivity contribution in [2.75, 3.05) is 51.3 Å². The van der Waals surface area contributed by atoms with Gasteiger partial charge in [-0.2, -0.15) is 5.10 Å². The van der Waals surface area contributed by atoms with Gasteiger partial charge in [0.1, 0.15) is 0 Å². The number of nitrogens with one attached hydrogen (secondary N) is 1. The summed E-state index contributed by atoms with van der Waals surface area (Å²) in [5.41, 5.74) is 5.09. The van der Waals surface area contributed by atoms with E-state index in [9.17, 15) is 4.79 Å². The Bertz CT molecular complexity index is 1420. The van der Waals surface area contributed by atoms with Crippen LogP contribution in [0.3, 0.4) is 0 Å². The highest BCUT2D eigenvalue weighted by atomic mass is 32.1. The highest BCUT2D eigenvalue weighted by Gasteiger charge is 2.23. The number of aromatic nitrogens is 3. The summed E-state index contributed by atoms with van der Waals surface area (Å²) >= 11 is 1.52. The molecule has 5 heterocycles. The van der Waals surface area contributed by atoms with Crippen LogP contribution in [0.1, 0.15) is 28.1 Å². The van der Waals surface area contributed by atoms with E-state index in [0.29, 0.717) is 18.1 Å². The van der Waals surface area contributed by atoms with Crippen LogP contribution in [0.4, 0.5) is 5.69 Å². The number of likely N-dealkylation sites (N-methyl/N-ethyl adjacent to an activating group) is 1. The molecule has 2 aliphatic rings. The molecule has 1 aromatic carbocycles. The number of carbonyl (C=O) groups excluding carboxylic acids is 1. The van der Waals surface area contributed by atoms with Gasteiger partial charge in [0, 0.05) is 43.5 Å². The number of anilines is 1. The summed E-state index contributed by atoms with van der Waals surface area (Å²) in [4.78, 5) is 23.5. The highest BCUT2D eigenvalue weighted by Crippen LogP contribution is 2.35. The molecule has 1 amide bonds. The Morgan fingerprint density at radius 3 is 2.81 bits per heavy atom. The Balaban J connectivity index is 1.35. The summed E-state index contributed by atoms with van der Waals surface area (Å²) in [5, 5.41) is 8.09. The predicted molar refractivity (Wildman–Crippen MR) is 148 cm³/mol. The molecular weight excluding hydrogens is 484 g/mol. The van der Waals surface area contributed by atoms with Gasteiger partial charge in [0.2, 0.25) is 0 Å². The van der Waals surface area contributed by atoms with E-state index in [1.807, 2.05) is 29.1 Å². The molecule has 0 bridgehead atoms. The van der Waals surface area contributed by atoms with E-state index < -0.39 is 0 Å². The van der Waals surface area contributed by atoms with Crippen LogP contribution in [-0.2, 0) is 4.74 Å². The predicted octanol–water partition coefficient (Wildman–Crippen LogP) is 4.12. The van der Waals surface area contributed by atoms with Gasteiger partial charge < -0.3 is 19.9 Å². The molecule has 0 saturated carbocycles. The third kappa shape index (κ3) is 5.12. The molecule has 9 heteroatoms. The number of likely N-dealkylation sites (tertiary alicyclic amines) is 1. The second-order valence-corrected chi connectivity index (χ2v) is 11.1. The fourth-order valence-electron chi connectivity index (χ4n) is 5.21. The summed E-state index contributed by atoms with van der Waals surface area (Å²) in [7, 11) is 2.11. The first-order chi connectivity index (χ1) is 18.0. The third-order valence-corrected chi connectivity index (χ3v) is 8.26. The van der Waals surface area contributed by atoms with E-state index in [4.69, 9.17) is 14.8 Å². The van der Waals surface area contributed by atoms with Crippen LogP contribution in [-0.4, -0.2) is 78.1 Å². The summed E-state index contributed by atoms with van der Waals surface area (Å²) in [6.07, 6.45) is 4.08. The zero-order valence-corrected chi connectivity index (χ0v) is 22.1. The topological polar surface area (TPSA) is 75.5 Å². The SMILES string of the molecule is Cc1cccc(-c2ccn(-c3cc(N4CCOCC4)c4sc(C(=O)NC5CCCN(C)C5)cc4n3)n2)c1. The Morgan fingerprint density at radius 1 is 1.14 bits per heavy atom. The molecule has 3 aromatic heterocycles. The number of pyridine rings is 1. The van der Waals surface area contributed by atoms with E-state index in [1.54, 1.807) is 0 Å². The Hall–Kier alpha value is -3.27. The van der Waals surface area contributed by atoms with Crippen molar-refractivity contribution in [3.63, 3.8) is 0 Å². The lowest BCUT2D eigenvalue weighted by Crippen LogP contribution is -2.46. The number of piperidine rings is 1. The Labute approximate surface area is 220 Å². The number of thiophene rings is 1. The lowest BCUT2D eigenvalue weighted by molar-refractivity contribution is 0.0916. The molecule has 0 aliphatic carbocycles. The van der Waals surface area contributed by atoms with Gasteiger partial charge in [0.05, 0.1) is 39.7 Å². The van der Waals surface area contributed by atoms with Crippen LogP contribution >= 0.6 is 11.3 Å². The fourth-order valence-corrected chi connectivity index (χ4v) is 6.25. The number of benzene rings is 1. The Morgan fingerprint density at radius 2 is 2.00 bits per heavy atom. The second kappa shape index (κ2) is 10.2. The number of fused-ring (bicyclic) bond motifs is 1. The third-order valence-electron chi connectivity index (χ3n) is 7.12. The number of morpholine rings is 1. The Kier molecular flexibility index (Phi) is 6.67. The second-order valence-electron chi connectivity index (χ2n) is 10.0. The number of rotatable bonds is 5. The smallest absolute Gasteiger partial charge is 0.261 e. The van der Waals surface area contributed by atoms with E-state index in [-0.39, 0.29) is 11.9 Å². The molecular formula is C28H32N6O2S. The molecule has 37 heavy (non-hydrogen) atoms.